The Balaban J connectivity index is 2.16. The van der Waals surface area contributed by atoms with E-state index in [0.717, 1.165) is 16.8 Å². The summed E-state index contributed by atoms with van der Waals surface area (Å²) in [6, 6.07) is 18.2. The van der Waals surface area contributed by atoms with Gasteiger partial charge < -0.3 is 4.42 Å². The van der Waals surface area contributed by atoms with Crippen LogP contribution in [0.25, 0.3) is 22.6 Å². The van der Waals surface area contributed by atoms with Gasteiger partial charge in [0.1, 0.15) is 5.69 Å². The highest BCUT2D eigenvalue weighted by Gasteiger charge is 2.20. The van der Waals surface area contributed by atoms with Gasteiger partial charge in [-0.2, -0.15) is 17.9 Å². The molecule has 0 N–H and O–H groups in total. The lowest BCUT2D eigenvalue weighted by atomic mass is 10.0. The van der Waals surface area contributed by atoms with E-state index in [1.54, 1.807) is 0 Å². The molecule has 3 rings (SSSR count). The minimum atomic E-state index is -0.682. The lowest BCUT2D eigenvalue weighted by Crippen LogP contribution is -1.87. The summed E-state index contributed by atoms with van der Waals surface area (Å²) < 4.78 is 5.87. The zero-order chi connectivity index (χ0) is 16.4. The maximum atomic E-state index is 9.08. The fourth-order valence-electron chi connectivity index (χ4n) is 2.32. The summed E-state index contributed by atoms with van der Waals surface area (Å²) in [6.45, 7) is 4.08. The number of aromatic nitrogens is 1. The molecule has 3 aromatic rings. The Labute approximate surface area is 141 Å². The average molecular weight is 320 g/mol. The second kappa shape index (κ2) is 6.31. The van der Waals surface area contributed by atoms with Crippen LogP contribution in [0.15, 0.2) is 52.9 Å². The summed E-state index contributed by atoms with van der Waals surface area (Å²) in [6.07, 6.45) is 0. The van der Waals surface area contributed by atoms with E-state index in [2.05, 4.69) is 23.7 Å². The topological polar surface area (TPSA) is 49.8 Å². The fourth-order valence-corrected chi connectivity index (χ4v) is 2.43. The van der Waals surface area contributed by atoms with Crippen LogP contribution < -0.4 is 0 Å². The highest BCUT2D eigenvalue weighted by atomic mass is 32.1. The van der Waals surface area contributed by atoms with Gasteiger partial charge in [0, 0.05) is 11.1 Å². The standard InChI is InChI=1S/C19H16N2OS/c1-12-3-7-14(8-4-12)17-18(15-9-5-13(2)6-10-15)22-19(21-17)16(23)11-20/h3-10,16,23H,1-2H3. The number of hydrogen-bond acceptors (Lipinski definition) is 4. The van der Waals surface area contributed by atoms with Crippen molar-refractivity contribution in [3.8, 4) is 28.7 Å². The Kier molecular flexibility index (Phi) is 4.22. The van der Waals surface area contributed by atoms with Crippen molar-refractivity contribution in [3.63, 3.8) is 0 Å². The highest BCUT2D eigenvalue weighted by molar-refractivity contribution is 7.80. The van der Waals surface area contributed by atoms with Crippen molar-refractivity contribution >= 4 is 12.6 Å². The van der Waals surface area contributed by atoms with E-state index < -0.39 is 5.25 Å². The predicted octanol–water partition coefficient (Wildman–Crippen LogP) is 5.12. The van der Waals surface area contributed by atoms with Gasteiger partial charge >= 0.3 is 0 Å². The molecule has 0 aliphatic heterocycles. The maximum Gasteiger partial charge on any atom is 0.222 e. The van der Waals surface area contributed by atoms with Crippen molar-refractivity contribution in [3.05, 3.63) is 65.5 Å². The molecule has 23 heavy (non-hydrogen) atoms. The monoisotopic (exact) mass is 320 g/mol. The molecule has 0 bridgehead atoms. The Morgan fingerprint density at radius 2 is 1.48 bits per heavy atom. The van der Waals surface area contributed by atoms with Gasteiger partial charge in [-0.05, 0) is 13.8 Å². The lowest BCUT2D eigenvalue weighted by molar-refractivity contribution is 0.521. The van der Waals surface area contributed by atoms with Gasteiger partial charge in [0.15, 0.2) is 11.0 Å². The van der Waals surface area contributed by atoms with Gasteiger partial charge in [-0.3, -0.25) is 0 Å². The molecule has 1 aromatic heterocycles. The van der Waals surface area contributed by atoms with Crippen molar-refractivity contribution in [1.29, 1.82) is 5.26 Å². The van der Waals surface area contributed by atoms with Gasteiger partial charge in [0.25, 0.3) is 0 Å². The molecule has 0 saturated carbocycles. The molecular formula is C19H16N2OS. The van der Waals surface area contributed by atoms with Gasteiger partial charge in [-0.25, -0.2) is 4.98 Å². The second-order valence-corrected chi connectivity index (χ2v) is 6.01. The van der Waals surface area contributed by atoms with Gasteiger partial charge in [0.2, 0.25) is 5.89 Å². The Morgan fingerprint density at radius 1 is 0.957 bits per heavy atom. The van der Waals surface area contributed by atoms with Crippen LogP contribution in [0.5, 0.6) is 0 Å². The van der Waals surface area contributed by atoms with Crippen molar-refractivity contribution in [1.82, 2.24) is 4.98 Å². The number of thiol groups is 1. The normalized spacial score (nSPS) is 11.9. The average Bonchev–Trinajstić information content (AvgIpc) is 3.01. The number of rotatable bonds is 3. The molecule has 2 aromatic carbocycles. The summed E-state index contributed by atoms with van der Waals surface area (Å²) in [5, 5.41) is 8.39. The molecule has 1 heterocycles. The quantitative estimate of drug-likeness (QED) is 0.681. The van der Waals surface area contributed by atoms with Crippen molar-refractivity contribution in [2.24, 2.45) is 0 Å². The van der Waals surface area contributed by atoms with Crippen LogP contribution in [0.2, 0.25) is 0 Å². The second-order valence-electron chi connectivity index (χ2n) is 5.49. The van der Waals surface area contributed by atoms with E-state index in [1.165, 1.54) is 11.1 Å². The van der Waals surface area contributed by atoms with Crippen molar-refractivity contribution < 1.29 is 4.42 Å². The molecule has 114 valence electrons. The molecule has 0 spiro atoms. The Bertz CT molecular complexity index is 795. The molecular weight excluding hydrogens is 304 g/mol. The van der Waals surface area contributed by atoms with Crippen molar-refractivity contribution in [2.45, 2.75) is 19.1 Å². The lowest BCUT2D eigenvalue weighted by Gasteiger charge is -2.03. The van der Waals surface area contributed by atoms with Crippen LogP contribution in [0.3, 0.4) is 0 Å². The first kappa shape index (κ1) is 15.4. The van der Waals surface area contributed by atoms with Crippen molar-refractivity contribution in [2.75, 3.05) is 0 Å². The third-order valence-electron chi connectivity index (χ3n) is 3.64. The van der Waals surface area contributed by atoms with E-state index in [1.807, 2.05) is 62.4 Å². The van der Waals surface area contributed by atoms with Crippen LogP contribution in [0, 0.1) is 25.2 Å². The predicted molar refractivity (Wildman–Crippen MR) is 94.2 cm³/mol. The van der Waals surface area contributed by atoms with E-state index >= 15 is 0 Å². The molecule has 0 saturated heterocycles. The molecule has 0 radical (unpaired) electrons. The molecule has 1 atom stereocenters. The molecule has 0 aliphatic carbocycles. The maximum absolute atomic E-state index is 9.08. The minimum Gasteiger partial charge on any atom is -0.438 e. The summed E-state index contributed by atoms with van der Waals surface area (Å²) in [4.78, 5) is 4.51. The summed E-state index contributed by atoms with van der Waals surface area (Å²) >= 11 is 4.22. The Morgan fingerprint density at radius 3 is 2.00 bits per heavy atom. The van der Waals surface area contributed by atoms with E-state index in [-0.39, 0.29) is 0 Å². The fraction of sp³-hybridized carbons (Fsp3) is 0.158. The molecule has 1 unspecified atom stereocenters. The first-order chi connectivity index (χ1) is 11.1. The molecule has 4 heteroatoms. The molecule has 3 nitrogen and oxygen atoms in total. The largest absolute Gasteiger partial charge is 0.438 e. The number of nitrogens with zero attached hydrogens (tertiary/aromatic N) is 2. The smallest absolute Gasteiger partial charge is 0.222 e. The number of nitriles is 1. The summed E-state index contributed by atoms with van der Waals surface area (Å²) in [7, 11) is 0. The number of benzene rings is 2. The van der Waals surface area contributed by atoms with Crippen LogP contribution in [-0.4, -0.2) is 4.98 Å². The van der Waals surface area contributed by atoms with Crippen LogP contribution in [0.1, 0.15) is 22.3 Å². The van der Waals surface area contributed by atoms with Gasteiger partial charge in [0.05, 0.1) is 6.07 Å². The molecule has 0 aliphatic rings. The first-order valence-electron chi connectivity index (χ1n) is 7.31. The number of aryl methyl sites for hydroxylation is 2. The van der Waals surface area contributed by atoms with Crippen LogP contribution in [0.4, 0.5) is 0 Å². The third-order valence-corrected chi connectivity index (χ3v) is 3.98. The summed E-state index contributed by atoms with van der Waals surface area (Å²) in [5.41, 5.74) is 4.98. The number of oxazole rings is 1. The third kappa shape index (κ3) is 3.15. The first-order valence-corrected chi connectivity index (χ1v) is 7.82. The minimum absolute atomic E-state index is 0.321. The van der Waals surface area contributed by atoms with Crippen LogP contribution >= 0.6 is 12.6 Å². The van der Waals surface area contributed by atoms with E-state index in [4.69, 9.17) is 9.68 Å². The Hall–Kier alpha value is -2.51. The highest BCUT2D eigenvalue weighted by Crippen LogP contribution is 2.35. The van der Waals surface area contributed by atoms with Gasteiger partial charge in [-0.15, -0.1) is 0 Å². The zero-order valence-electron chi connectivity index (χ0n) is 12.9. The van der Waals surface area contributed by atoms with Crippen LogP contribution in [-0.2, 0) is 0 Å². The van der Waals surface area contributed by atoms with E-state index in [0.29, 0.717) is 11.7 Å². The SMILES string of the molecule is Cc1ccc(-c2nc(C(S)C#N)oc2-c2ccc(C)cc2)cc1. The summed E-state index contributed by atoms with van der Waals surface area (Å²) in [5.74, 6) is 0.986. The number of hydrogen-bond donors (Lipinski definition) is 1. The zero-order valence-corrected chi connectivity index (χ0v) is 13.8. The molecule has 0 fully saturated rings. The molecule has 0 amide bonds. The van der Waals surface area contributed by atoms with Gasteiger partial charge in [-0.1, -0.05) is 59.7 Å². The van der Waals surface area contributed by atoms with E-state index in [9.17, 15) is 0 Å².